The quantitative estimate of drug-likeness (QED) is 0.893. The predicted octanol–water partition coefficient (Wildman–Crippen LogP) is 2.54. The Hall–Kier alpha value is -1.42. The topological polar surface area (TPSA) is 53.4 Å². The van der Waals surface area contributed by atoms with Gasteiger partial charge in [-0.05, 0) is 44.0 Å². The molecule has 0 saturated carbocycles. The molecule has 4 nitrogen and oxygen atoms in total. The van der Waals surface area contributed by atoms with Crippen LogP contribution in [0.5, 0.6) is 0 Å². The molecule has 0 bridgehead atoms. The van der Waals surface area contributed by atoms with Gasteiger partial charge >= 0.3 is 5.97 Å². The van der Waals surface area contributed by atoms with Gasteiger partial charge in [-0.1, -0.05) is 12.8 Å². The van der Waals surface area contributed by atoms with Crippen LogP contribution in [0.15, 0.2) is 18.3 Å². The lowest BCUT2D eigenvalue weighted by Crippen LogP contribution is -2.32. The Labute approximate surface area is 108 Å². The molecule has 0 aliphatic carbocycles. The Kier molecular flexibility index (Phi) is 4.31. The van der Waals surface area contributed by atoms with Crippen LogP contribution in [0.1, 0.15) is 48.7 Å². The molecule has 1 aliphatic rings. The average Bonchev–Trinajstić information content (AvgIpc) is 2.55. The average molecular weight is 248 g/mol. The highest BCUT2D eigenvalue weighted by Gasteiger charge is 2.17. The Bertz CT molecular complexity index is 420. The number of rotatable bonds is 3. The van der Waals surface area contributed by atoms with Gasteiger partial charge in [0.25, 0.3) is 0 Å². The maximum absolute atomic E-state index is 10.9. The van der Waals surface area contributed by atoms with Crippen LogP contribution in [0.2, 0.25) is 0 Å². The van der Waals surface area contributed by atoms with Gasteiger partial charge in [0.05, 0.1) is 0 Å². The number of hydrogen-bond donors (Lipinski definition) is 1. The van der Waals surface area contributed by atoms with Crippen molar-refractivity contribution in [3.63, 3.8) is 0 Å². The van der Waals surface area contributed by atoms with Gasteiger partial charge in [-0.15, -0.1) is 0 Å². The molecule has 98 valence electrons. The molecule has 1 aliphatic heterocycles. The molecular formula is C14H20N2O2. The molecule has 1 aromatic heterocycles. The van der Waals surface area contributed by atoms with Crippen molar-refractivity contribution in [1.82, 2.24) is 9.88 Å². The van der Waals surface area contributed by atoms with Crippen molar-refractivity contribution in [2.24, 2.45) is 0 Å². The van der Waals surface area contributed by atoms with Gasteiger partial charge in [0.15, 0.2) is 0 Å². The van der Waals surface area contributed by atoms with Crippen molar-refractivity contribution < 1.29 is 9.90 Å². The first-order chi connectivity index (χ1) is 8.66. The van der Waals surface area contributed by atoms with Crippen LogP contribution in [-0.2, 0) is 6.54 Å². The molecule has 1 N–H and O–H groups in total. The van der Waals surface area contributed by atoms with Crippen molar-refractivity contribution in [1.29, 1.82) is 0 Å². The highest BCUT2D eigenvalue weighted by molar-refractivity contribution is 5.85. The van der Waals surface area contributed by atoms with Crippen LogP contribution in [0, 0.1) is 0 Å². The fourth-order valence-electron chi connectivity index (χ4n) is 2.49. The van der Waals surface area contributed by atoms with Crippen molar-refractivity contribution in [2.45, 2.75) is 45.2 Å². The predicted molar refractivity (Wildman–Crippen MR) is 69.5 cm³/mol. The third-order valence-corrected chi connectivity index (χ3v) is 3.62. The summed E-state index contributed by atoms with van der Waals surface area (Å²) in [6, 6.07) is 4.17. The van der Waals surface area contributed by atoms with E-state index in [-0.39, 0.29) is 5.69 Å². The van der Waals surface area contributed by atoms with Crippen LogP contribution in [0.3, 0.4) is 0 Å². The minimum atomic E-state index is -0.958. The van der Waals surface area contributed by atoms with Crippen molar-refractivity contribution in [2.75, 3.05) is 6.54 Å². The zero-order valence-electron chi connectivity index (χ0n) is 10.8. The third-order valence-electron chi connectivity index (χ3n) is 3.62. The second-order valence-corrected chi connectivity index (χ2v) is 5.02. The first-order valence-corrected chi connectivity index (χ1v) is 6.59. The lowest BCUT2D eigenvalue weighted by molar-refractivity contribution is 0.0690. The molecule has 1 fully saturated rings. The second kappa shape index (κ2) is 5.96. The van der Waals surface area contributed by atoms with Crippen LogP contribution < -0.4 is 0 Å². The number of aromatic carboxylic acids is 1. The third kappa shape index (κ3) is 3.29. The van der Waals surface area contributed by atoms with E-state index in [9.17, 15) is 4.79 Å². The van der Waals surface area contributed by atoms with Gasteiger partial charge in [0.1, 0.15) is 5.69 Å². The van der Waals surface area contributed by atoms with Gasteiger partial charge < -0.3 is 5.11 Å². The van der Waals surface area contributed by atoms with Crippen LogP contribution in [-0.4, -0.2) is 33.5 Å². The summed E-state index contributed by atoms with van der Waals surface area (Å²) in [5, 5.41) is 8.94. The van der Waals surface area contributed by atoms with E-state index >= 15 is 0 Å². The Morgan fingerprint density at radius 1 is 1.50 bits per heavy atom. The summed E-state index contributed by atoms with van der Waals surface area (Å²) in [6.45, 7) is 4.18. The lowest BCUT2D eigenvalue weighted by Gasteiger charge is -2.26. The van der Waals surface area contributed by atoms with E-state index < -0.39 is 5.97 Å². The normalized spacial score (nSPS) is 21.5. The molecule has 2 rings (SSSR count). The SMILES string of the molecule is CC1CCCCCN1Cc1ccnc(C(=O)O)c1. The Balaban J connectivity index is 2.07. The lowest BCUT2D eigenvalue weighted by atomic mass is 10.1. The van der Waals surface area contributed by atoms with E-state index in [2.05, 4.69) is 16.8 Å². The standard InChI is InChI=1S/C14H20N2O2/c1-11-5-3-2-4-8-16(11)10-12-6-7-15-13(9-12)14(17)18/h6-7,9,11H,2-5,8,10H2,1H3,(H,17,18). The molecule has 1 aromatic rings. The van der Waals surface area contributed by atoms with Crippen molar-refractivity contribution >= 4 is 5.97 Å². The first-order valence-electron chi connectivity index (χ1n) is 6.59. The van der Waals surface area contributed by atoms with Gasteiger partial charge in [-0.3, -0.25) is 4.90 Å². The van der Waals surface area contributed by atoms with Gasteiger partial charge in [0.2, 0.25) is 0 Å². The molecule has 18 heavy (non-hydrogen) atoms. The smallest absolute Gasteiger partial charge is 0.354 e. The maximum Gasteiger partial charge on any atom is 0.354 e. The molecule has 0 aromatic carbocycles. The molecule has 1 atom stereocenters. The Morgan fingerprint density at radius 3 is 3.11 bits per heavy atom. The number of aromatic nitrogens is 1. The fraction of sp³-hybridized carbons (Fsp3) is 0.571. The van der Waals surface area contributed by atoms with E-state index in [1.165, 1.54) is 25.7 Å². The minimum Gasteiger partial charge on any atom is -0.477 e. The summed E-state index contributed by atoms with van der Waals surface area (Å²) >= 11 is 0. The molecule has 2 heterocycles. The number of nitrogens with zero attached hydrogens (tertiary/aromatic N) is 2. The molecule has 0 amide bonds. The van der Waals surface area contributed by atoms with E-state index in [1.807, 2.05) is 6.07 Å². The molecule has 1 saturated heterocycles. The number of carboxylic acid groups (broad SMARTS) is 1. The largest absolute Gasteiger partial charge is 0.477 e. The van der Waals surface area contributed by atoms with Gasteiger partial charge in [-0.2, -0.15) is 0 Å². The van der Waals surface area contributed by atoms with Gasteiger partial charge in [0, 0.05) is 18.8 Å². The number of hydrogen-bond acceptors (Lipinski definition) is 3. The van der Waals surface area contributed by atoms with E-state index in [0.29, 0.717) is 6.04 Å². The first kappa shape index (κ1) is 13.0. The van der Waals surface area contributed by atoms with Gasteiger partial charge in [-0.25, -0.2) is 9.78 Å². The highest BCUT2D eigenvalue weighted by Crippen LogP contribution is 2.18. The summed E-state index contributed by atoms with van der Waals surface area (Å²) < 4.78 is 0. The van der Waals surface area contributed by atoms with Crippen LogP contribution >= 0.6 is 0 Å². The molecule has 0 radical (unpaired) electrons. The number of pyridine rings is 1. The second-order valence-electron chi connectivity index (χ2n) is 5.02. The molecule has 4 heteroatoms. The van der Waals surface area contributed by atoms with E-state index in [1.54, 1.807) is 12.3 Å². The minimum absolute atomic E-state index is 0.134. The molecular weight excluding hydrogens is 228 g/mol. The van der Waals surface area contributed by atoms with Crippen molar-refractivity contribution in [3.05, 3.63) is 29.6 Å². The monoisotopic (exact) mass is 248 g/mol. The molecule has 0 spiro atoms. The Morgan fingerprint density at radius 2 is 2.33 bits per heavy atom. The zero-order chi connectivity index (χ0) is 13.0. The van der Waals surface area contributed by atoms with Crippen LogP contribution in [0.25, 0.3) is 0 Å². The summed E-state index contributed by atoms with van der Waals surface area (Å²) in [5.41, 5.74) is 1.17. The fourth-order valence-corrected chi connectivity index (χ4v) is 2.49. The van der Waals surface area contributed by atoms with E-state index in [4.69, 9.17) is 5.11 Å². The zero-order valence-corrected chi connectivity index (χ0v) is 10.8. The summed E-state index contributed by atoms with van der Waals surface area (Å²) in [7, 11) is 0. The summed E-state index contributed by atoms with van der Waals surface area (Å²) in [5.74, 6) is -0.958. The molecule has 1 unspecified atom stereocenters. The number of carbonyl (C=O) groups is 1. The maximum atomic E-state index is 10.9. The number of likely N-dealkylation sites (tertiary alicyclic amines) is 1. The van der Waals surface area contributed by atoms with Crippen molar-refractivity contribution in [3.8, 4) is 0 Å². The number of carboxylic acids is 1. The summed E-state index contributed by atoms with van der Waals surface area (Å²) in [4.78, 5) is 17.2. The summed E-state index contributed by atoms with van der Waals surface area (Å²) in [6.07, 6.45) is 6.66. The highest BCUT2D eigenvalue weighted by atomic mass is 16.4. The van der Waals surface area contributed by atoms with Crippen LogP contribution in [0.4, 0.5) is 0 Å². The van der Waals surface area contributed by atoms with E-state index in [0.717, 1.165) is 18.7 Å².